The quantitative estimate of drug-likeness (QED) is 0.529. The lowest BCUT2D eigenvalue weighted by Gasteiger charge is -2.33. The molecule has 2 aliphatic heterocycles. The second kappa shape index (κ2) is 8.48. The van der Waals surface area contributed by atoms with Gasteiger partial charge in [-0.15, -0.1) is 11.3 Å². The zero-order valence-electron chi connectivity index (χ0n) is 17.1. The van der Waals surface area contributed by atoms with Crippen LogP contribution in [0.25, 0.3) is 10.1 Å². The second-order valence-electron chi connectivity index (χ2n) is 8.61. The van der Waals surface area contributed by atoms with Crippen molar-refractivity contribution in [3.8, 4) is 0 Å². The molecule has 2 saturated heterocycles. The number of benzene rings is 2. The molecule has 2 atom stereocenters. The molecule has 3 heterocycles. The van der Waals surface area contributed by atoms with Crippen molar-refractivity contribution in [2.45, 2.75) is 50.5 Å². The van der Waals surface area contributed by atoms with Crippen LogP contribution in [0.5, 0.6) is 0 Å². The fourth-order valence-corrected chi connectivity index (χ4v) is 6.12. The summed E-state index contributed by atoms with van der Waals surface area (Å²) in [6.07, 6.45) is 7.84. The van der Waals surface area contributed by atoms with Crippen LogP contribution in [0.15, 0.2) is 47.8 Å². The minimum atomic E-state index is -0.338. The average molecular weight is 423 g/mol. The van der Waals surface area contributed by atoms with E-state index in [0.29, 0.717) is 11.5 Å². The fourth-order valence-electron chi connectivity index (χ4n) is 5.10. The van der Waals surface area contributed by atoms with Crippen LogP contribution >= 0.6 is 11.3 Å². The molecule has 3 nitrogen and oxygen atoms in total. The minimum absolute atomic E-state index is 0.211. The van der Waals surface area contributed by atoms with Crippen LogP contribution in [0.3, 0.4) is 0 Å². The molecule has 2 aromatic carbocycles. The summed E-state index contributed by atoms with van der Waals surface area (Å²) in [5, 5.41) is 6.57. The van der Waals surface area contributed by atoms with E-state index in [-0.39, 0.29) is 11.7 Å². The standard InChI is InChI=1S/C25H27FN2OS/c26-19-7-4-18(5-8-19)25(29)27-20-9-11-24-22(15-20)23(16-30-24)17-6-10-21-3-1-2-13-28(21)14-12-17/h4-5,7-9,11,15-17,21H,1-3,6,10,12-14H2,(H,27,29). The number of anilines is 1. The molecular weight excluding hydrogens is 395 g/mol. The number of rotatable bonds is 3. The summed E-state index contributed by atoms with van der Waals surface area (Å²) in [7, 11) is 0. The molecule has 1 N–H and O–H groups in total. The molecule has 1 aromatic heterocycles. The van der Waals surface area contributed by atoms with Crippen molar-refractivity contribution in [3.63, 3.8) is 0 Å². The Morgan fingerprint density at radius 1 is 1.00 bits per heavy atom. The molecule has 156 valence electrons. The number of carbonyl (C=O) groups is 1. The molecule has 0 aliphatic carbocycles. The summed E-state index contributed by atoms with van der Waals surface area (Å²) in [5.74, 6) is 0.0420. The van der Waals surface area contributed by atoms with Gasteiger partial charge in [0.25, 0.3) is 5.91 Å². The molecule has 1 amide bonds. The number of thiophene rings is 1. The Morgan fingerprint density at radius 3 is 2.73 bits per heavy atom. The van der Waals surface area contributed by atoms with Crippen LogP contribution in [-0.4, -0.2) is 29.9 Å². The van der Waals surface area contributed by atoms with Crippen LogP contribution < -0.4 is 5.32 Å². The normalized spacial score (nSPS) is 22.4. The second-order valence-corrected chi connectivity index (χ2v) is 9.52. The maximum atomic E-state index is 13.1. The van der Waals surface area contributed by atoms with Crippen LogP contribution in [0.2, 0.25) is 0 Å². The van der Waals surface area contributed by atoms with Crippen LogP contribution in [0.4, 0.5) is 10.1 Å². The summed E-state index contributed by atoms with van der Waals surface area (Å²) in [6.45, 7) is 2.47. The largest absolute Gasteiger partial charge is 0.322 e. The molecule has 0 saturated carbocycles. The van der Waals surface area contributed by atoms with Gasteiger partial charge in [0.2, 0.25) is 0 Å². The van der Waals surface area contributed by atoms with Gasteiger partial charge in [-0.2, -0.15) is 0 Å². The third-order valence-corrected chi connectivity index (χ3v) is 7.75. The minimum Gasteiger partial charge on any atom is -0.322 e. The molecule has 2 aliphatic rings. The lowest BCUT2D eigenvalue weighted by atomic mass is 9.90. The topological polar surface area (TPSA) is 32.3 Å². The smallest absolute Gasteiger partial charge is 0.255 e. The van der Waals surface area contributed by atoms with E-state index in [9.17, 15) is 9.18 Å². The Morgan fingerprint density at radius 2 is 1.87 bits per heavy atom. The van der Waals surface area contributed by atoms with Crippen molar-refractivity contribution in [1.82, 2.24) is 4.90 Å². The van der Waals surface area contributed by atoms with E-state index in [1.807, 2.05) is 6.07 Å². The Bertz CT molecular complexity index is 1030. The van der Waals surface area contributed by atoms with E-state index >= 15 is 0 Å². The summed E-state index contributed by atoms with van der Waals surface area (Å²) >= 11 is 1.80. The highest BCUT2D eigenvalue weighted by atomic mass is 32.1. The number of nitrogens with zero attached hydrogens (tertiary/aromatic N) is 1. The molecular formula is C25H27FN2OS. The van der Waals surface area contributed by atoms with Gasteiger partial charge in [-0.05, 0) is 110 Å². The molecule has 0 radical (unpaired) electrons. The van der Waals surface area contributed by atoms with E-state index < -0.39 is 0 Å². The van der Waals surface area contributed by atoms with Crippen molar-refractivity contribution < 1.29 is 9.18 Å². The van der Waals surface area contributed by atoms with Gasteiger partial charge in [0.05, 0.1) is 0 Å². The van der Waals surface area contributed by atoms with Gasteiger partial charge in [-0.3, -0.25) is 4.79 Å². The van der Waals surface area contributed by atoms with Gasteiger partial charge in [0.15, 0.2) is 0 Å². The fraction of sp³-hybridized carbons (Fsp3) is 0.400. The molecule has 5 rings (SSSR count). The Labute approximate surface area is 180 Å². The molecule has 2 fully saturated rings. The predicted molar refractivity (Wildman–Crippen MR) is 122 cm³/mol. The van der Waals surface area contributed by atoms with Gasteiger partial charge in [0, 0.05) is 22.0 Å². The monoisotopic (exact) mass is 422 g/mol. The number of carbonyl (C=O) groups excluding carboxylic acids is 1. The van der Waals surface area contributed by atoms with E-state index in [2.05, 4.69) is 27.7 Å². The summed E-state index contributed by atoms with van der Waals surface area (Å²) in [6, 6.07) is 12.6. The number of hydrogen-bond donors (Lipinski definition) is 1. The van der Waals surface area contributed by atoms with Gasteiger partial charge >= 0.3 is 0 Å². The third kappa shape index (κ3) is 4.01. The Kier molecular flexibility index (Phi) is 5.57. The highest BCUT2D eigenvalue weighted by Crippen LogP contribution is 2.40. The van der Waals surface area contributed by atoms with Crippen molar-refractivity contribution in [2.24, 2.45) is 0 Å². The molecule has 30 heavy (non-hydrogen) atoms. The van der Waals surface area contributed by atoms with Crippen LogP contribution in [0.1, 0.15) is 60.4 Å². The number of piperidine rings is 1. The molecule has 0 bridgehead atoms. The lowest BCUT2D eigenvalue weighted by Crippen LogP contribution is -2.38. The molecule has 2 unspecified atom stereocenters. The predicted octanol–water partition coefficient (Wildman–Crippen LogP) is 6.41. The first-order valence-electron chi connectivity index (χ1n) is 11.0. The number of halogens is 1. The highest BCUT2D eigenvalue weighted by Gasteiger charge is 2.28. The van der Waals surface area contributed by atoms with E-state index in [1.165, 1.54) is 91.5 Å². The summed E-state index contributed by atoms with van der Waals surface area (Å²) in [5.41, 5.74) is 2.69. The number of amides is 1. The lowest BCUT2D eigenvalue weighted by molar-refractivity contribution is 0.102. The first kappa shape index (κ1) is 19.7. The highest BCUT2D eigenvalue weighted by molar-refractivity contribution is 7.17. The van der Waals surface area contributed by atoms with Gasteiger partial charge in [0.1, 0.15) is 5.82 Å². The molecule has 3 aromatic rings. The Hall–Kier alpha value is -2.24. The molecule has 5 heteroatoms. The average Bonchev–Trinajstić information content (AvgIpc) is 3.06. The first-order chi connectivity index (χ1) is 14.7. The van der Waals surface area contributed by atoms with Gasteiger partial charge in [-0.1, -0.05) is 6.42 Å². The SMILES string of the molecule is O=C(Nc1ccc2scc(C3CCC4CCCCN4CC3)c2c1)c1ccc(F)cc1. The van der Waals surface area contributed by atoms with Crippen LogP contribution in [0, 0.1) is 5.82 Å². The molecule has 0 spiro atoms. The zero-order valence-corrected chi connectivity index (χ0v) is 17.9. The third-order valence-electron chi connectivity index (χ3n) is 6.77. The number of fused-ring (bicyclic) bond motifs is 2. The number of hydrogen-bond acceptors (Lipinski definition) is 3. The van der Waals surface area contributed by atoms with Gasteiger partial charge < -0.3 is 10.2 Å². The summed E-state index contributed by atoms with van der Waals surface area (Å²) < 4.78 is 14.4. The number of nitrogens with one attached hydrogen (secondary N) is 1. The maximum absolute atomic E-state index is 13.1. The van der Waals surface area contributed by atoms with Crippen molar-refractivity contribution in [1.29, 1.82) is 0 Å². The van der Waals surface area contributed by atoms with E-state index in [4.69, 9.17) is 0 Å². The van der Waals surface area contributed by atoms with Crippen molar-refractivity contribution in [2.75, 3.05) is 18.4 Å². The van der Waals surface area contributed by atoms with E-state index in [0.717, 1.165) is 11.7 Å². The zero-order chi connectivity index (χ0) is 20.5. The van der Waals surface area contributed by atoms with E-state index in [1.54, 1.807) is 11.3 Å². The maximum Gasteiger partial charge on any atom is 0.255 e. The van der Waals surface area contributed by atoms with Crippen molar-refractivity contribution >= 4 is 33.0 Å². The summed E-state index contributed by atoms with van der Waals surface area (Å²) in [4.78, 5) is 15.3. The van der Waals surface area contributed by atoms with Gasteiger partial charge in [-0.25, -0.2) is 4.39 Å². The van der Waals surface area contributed by atoms with Crippen molar-refractivity contribution in [3.05, 3.63) is 64.8 Å². The Balaban J connectivity index is 1.36. The van der Waals surface area contributed by atoms with Crippen LogP contribution in [-0.2, 0) is 0 Å². The first-order valence-corrected chi connectivity index (χ1v) is 11.9.